The van der Waals surface area contributed by atoms with Crippen LogP contribution in [0.15, 0.2) is 62.3 Å². The molecule has 0 spiro atoms. The third kappa shape index (κ3) is 238. The van der Waals surface area contributed by atoms with E-state index in [9.17, 15) is 0 Å². The Balaban J connectivity index is -0.0000000600. The monoisotopic (exact) mass is 222 g/mol. The molecule has 0 heteroatoms. The van der Waals surface area contributed by atoms with Gasteiger partial charge in [0.15, 0.2) is 0 Å². The molecule has 0 bridgehead atoms. The van der Waals surface area contributed by atoms with Crippen molar-refractivity contribution in [2.45, 2.75) is 41.0 Å². The van der Waals surface area contributed by atoms with Gasteiger partial charge in [0.05, 0.1) is 0 Å². The molecule has 94 valence electrons. The van der Waals surface area contributed by atoms with E-state index < -0.39 is 0 Å². The second-order valence-electron chi connectivity index (χ2n) is 2.50. The Kier molecular flexibility index (Phi) is 74.1. The number of hydrogen-bond donors (Lipinski definition) is 0. The summed E-state index contributed by atoms with van der Waals surface area (Å²) in [6.07, 6.45) is 14.2. The molecule has 0 heterocycles. The van der Waals surface area contributed by atoms with Gasteiger partial charge in [0.2, 0.25) is 0 Å². The third-order valence-electron chi connectivity index (χ3n) is 1.12. The first-order valence-electron chi connectivity index (χ1n) is 5.65. The smallest absolute Gasteiger partial charge is 0.0382 e. The van der Waals surface area contributed by atoms with Gasteiger partial charge < -0.3 is 0 Å². The van der Waals surface area contributed by atoms with Crippen molar-refractivity contribution >= 4 is 0 Å². The van der Waals surface area contributed by atoms with Gasteiger partial charge in [-0.25, -0.2) is 0 Å². The third-order valence-corrected chi connectivity index (χ3v) is 1.12. The highest BCUT2D eigenvalue weighted by atomic mass is 13.5. The normalized spacial score (nSPS) is 7.56. The molecule has 0 saturated carbocycles. The average molecular weight is 222 g/mol. The lowest BCUT2D eigenvalue weighted by atomic mass is 10.5. The molecule has 0 aromatic carbocycles. The van der Waals surface area contributed by atoms with Crippen LogP contribution < -0.4 is 0 Å². The second-order valence-corrected chi connectivity index (χ2v) is 2.50. The van der Waals surface area contributed by atoms with E-state index in [0.29, 0.717) is 0 Å². The summed E-state index contributed by atoms with van der Waals surface area (Å²) in [5.41, 5.74) is 0. The van der Waals surface area contributed by atoms with Crippen LogP contribution in [-0.2, 0) is 0 Å². The van der Waals surface area contributed by atoms with Gasteiger partial charge in [-0.15, -0.1) is 6.58 Å². The van der Waals surface area contributed by atoms with E-state index in [0.717, 1.165) is 6.42 Å². The molecule has 0 atom stereocenters. The maximum absolute atomic E-state index is 3.48. The SMILES string of the molecule is C=CC=C.C=CCC.CC=CC.CC=CC. The summed E-state index contributed by atoms with van der Waals surface area (Å²) in [5.74, 6) is 0. The first-order chi connectivity index (χ1) is 7.66. The summed E-state index contributed by atoms with van der Waals surface area (Å²) >= 11 is 0. The maximum atomic E-state index is 3.48. The van der Waals surface area contributed by atoms with Crippen LogP contribution in [0.2, 0.25) is 0 Å². The number of hydrogen-bond acceptors (Lipinski definition) is 0. The van der Waals surface area contributed by atoms with E-state index in [1.165, 1.54) is 0 Å². The van der Waals surface area contributed by atoms with Crippen molar-refractivity contribution in [3.63, 3.8) is 0 Å². The Labute approximate surface area is 104 Å². The van der Waals surface area contributed by atoms with Crippen LogP contribution in [0.1, 0.15) is 41.0 Å². The van der Waals surface area contributed by atoms with Crippen molar-refractivity contribution in [3.05, 3.63) is 62.3 Å². The first kappa shape index (κ1) is 24.1. The van der Waals surface area contributed by atoms with E-state index in [1.807, 2.05) is 58.1 Å². The van der Waals surface area contributed by atoms with Crippen LogP contribution in [0, 0.1) is 0 Å². The molecular weight excluding hydrogens is 192 g/mol. The van der Waals surface area contributed by atoms with Crippen molar-refractivity contribution in [2.24, 2.45) is 0 Å². The Morgan fingerprint density at radius 3 is 0.875 bits per heavy atom. The molecule has 0 radical (unpaired) electrons. The minimum atomic E-state index is 1.08. The molecule has 0 N–H and O–H groups in total. The summed E-state index contributed by atoms with van der Waals surface area (Å²) < 4.78 is 0. The van der Waals surface area contributed by atoms with Crippen LogP contribution in [0.5, 0.6) is 0 Å². The molecule has 0 aromatic heterocycles. The molecule has 0 unspecified atom stereocenters. The van der Waals surface area contributed by atoms with Crippen LogP contribution >= 0.6 is 0 Å². The largest absolute Gasteiger partial charge is 0.103 e. The van der Waals surface area contributed by atoms with Crippen molar-refractivity contribution in [1.29, 1.82) is 0 Å². The topological polar surface area (TPSA) is 0 Å². The van der Waals surface area contributed by atoms with Gasteiger partial charge in [-0.1, -0.05) is 62.6 Å². The van der Waals surface area contributed by atoms with Crippen molar-refractivity contribution in [2.75, 3.05) is 0 Å². The van der Waals surface area contributed by atoms with Gasteiger partial charge in [0, 0.05) is 0 Å². The van der Waals surface area contributed by atoms with E-state index in [2.05, 4.69) is 26.7 Å². The van der Waals surface area contributed by atoms with Crippen molar-refractivity contribution in [1.82, 2.24) is 0 Å². The summed E-state index contributed by atoms with van der Waals surface area (Å²) in [6, 6.07) is 0. The van der Waals surface area contributed by atoms with Gasteiger partial charge in [-0.2, -0.15) is 0 Å². The van der Waals surface area contributed by atoms with Crippen molar-refractivity contribution < 1.29 is 0 Å². The number of allylic oxidation sites excluding steroid dienone is 7. The quantitative estimate of drug-likeness (QED) is 0.391. The summed E-state index contributed by atoms with van der Waals surface area (Å²) in [4.78, 5) is 0. The fourth-order valence-electron chi connectivity index (χ4n) is 0. The predicted molar refractivity (Wildman–Crippen MR) is 81.9 cm³/mol. The van der Waals surface area contributed by atoms with Crippen LogP contribution in [0.25, 0.3) is 0 Å². The maximum Gasteiger partial charge on any atom is -0.0382 e. The molecule has 0 aromatic rings. The van der Waals surface area contributed by atoms with Crippen LogP contribution in [0.3, 0.4) is 0 Å². The van der Waals surface area contributed by atoms with E-state index >= 15 is 0 Å². The van der Waals surface area contributed by atoms with Gasteiger partial charge in [0.1, 0.15) is 0 Å². The minimum Gasteiger partial charge on any atom is -0.103 e. The lowest BCUT2D eigenvalue weighted by Crippen LogP contribution is -1.36. The van der Waals surface area contributed by atoms with Gasteiger partial charge in [0.25, 0.3) is 0 Å². The summed E-state index contributed by atoms with van der Waals surface area (Å²) in [5, 5.41) is 0. The highest BCUT2D eigenvalue weighted by molar-refractivity contribution is 4.88. The Morgan fingerprint density at radius 2 is 0.875 bits per heavy atom. The molecule has 0 aliphatic rings. The van der Waals surface area contributed by atoms with Gasteiger partial charge >= 0.3 is 0 Å². The molecule has 0 rings (SSSR count). The zero-order valence-corrected chi connectivity index (χ0v) is 11.9. The molecule has 0 nitrogen and oxygen atoms in total. The zero-order valence-electron chi connectivity index (χ0n) is 11.9. The van der Waals surface area contributed by atoms with E-state index in [4.69, 9.17) is 0 Å². The Bertz CT molecular complexity index is 135. The molecule has 0 aliphatic carbocycles. The standard InChI is InChI=1S/3C4H8.C4H6/c4*1-3-4-2/h2*3-4H,1-2H3;3H,1,4H2,2H3;3-4H,1-2H2. The molecular formula is C16H30. The highest BCUT2D eigenvalue weighted by Gasteiger charge is 1.45. The molecule has 0 fully saturated rings. The minimum absolute atomic E-state index is 1.08. The van der Waals surface area contributed by atoms with Gasteiger partial charge in [-0.05, 0) is 34.1 Å². The van der Waals surface area contributed by atoms with E-state index in [1.54, 1.807) is 12.2 Å². The first-order valence-corrected chi connectivity index (χ1v) is 5.65. The summed E-state index contributed by atoms with van der Waals surface area (Å²) in [6.45, 7) is 20.3. The zero-order chi connectivity index (χ0) is 13.7. The molecule has 0 amide bonds. The number of rotatable bonds is 2. The average Bonchev–Trinajstić information content (AvgIpc) is 2.39. The van der Waals surface area contributed by atoms with Crippen LogP contribution in [-0.4, -0.2) is 0 Å². The highest BCUT2D eigenvalue weighted by Crippen LogP contribution is 1.66. The Hall–Kier alpha value is -1.30. The molecule has 0 aliphatic heterocycles. The predicted octanol–water partition coefficient (Wildman–Crippen LogP) is 6.11. The Morgan fingerprint density at radius 1 is 0.688 bits per heavy atom. The second kappa shape index (κ2) is 49.2. The van der Waals surface area contributed by atoms with Crippen LogP contribution in [0.4, 0.5) is 0 Å². The fraction of sp³-hybridized carbons (Fsp3) is 0.375. The fourth-order valence-corrected chi connectivity index (χ4v) is 0. The van der Waals surface area contributed by atoms with Crippen molar-refractivity contribution in [3.8, 4) is 0 Å². The lowest BCUT2D eigenvalue weighted by Gasteiger charge is -1.57. The van der Waals surface area contributed by atoms with E-state index in [-0.39, 0.29) is 0 Å². The lowest BCUT2D eigenvalue weighted by molar-refractivity contribution is 1.23. The van der Waals surface area contributed by atoms with Gasteiger partial charge in [-0.3, -0.25) is 0 Å². The molecule has 16 heavy (non-hydrogen) atoms. The summed E-state index contributed by atoms with van der Waals surface area (Å²) in [7, 11) is 0. The molecule has 0 saturated heterocycles.